The second kappa shape index (κ2) is 5.97. The third-order valence-corrected chi connectivity index (χ3v) is 3.64. The highest BCUT2D eigenvalue weighted by Gasteiger charge is 2.26. The van der Waals surface area contributed by atoms with Gasteiger partial charge in [0.05, 0.1) is 13.0 Å². The fourth-order valence-electron chi connectivity index (χ4n) is 2.58. The first-order valence-corrected chi connectivity index (χ1v) is 7.08. The number of hydrogen-bond donors (Lipinski definition) is 1. The molecule has 0 unspecified atom stereocenters. The third kappa shape index (κ3) is 2.90. The number of nitrogens with two attached hydrogens (primary N) is 1. The minimum atomic E-state index is 0.135. The molecule has 0 atom stereocenters. The lowest BCUT2D eigenvalue weighted by Crippen LogP contribution is -2.31. The fraction of sp³-hybridized carbons (Fsp3) is 0.235. The van der Waals surface area contributed by atoms with Gasteiger partial charge in [-0.05, 0) is 29.3 Å². The van der Waals surface area contributed by atoms with Gasteiger partial charge in [0.2, 0.25) is 5.91 Å². The van der Waals surface area contributed by atoms with Crippen LogP contribution in [0.2, 0.25) is 0 Å². The Labute approximate surface area is 124 Å². The molecule has 0 fully saturated rings. The van der Waals surface area contributed by atoms with Gasteiger partial charge in [0.25, 0.3) is 0 Å². The summed E-state index contributed by atoms with van der Waals surface area (Å²) >= 11 is 0. The molecule has 21 heavy (non-hydrogen) atoms. The number of ether oxygens (including phenoxy) is 1. The van der Waals surface area contributed by atoms with E-state index < -0.39 is 0 Å². The topological polar surface area (TPSA) is 55.6 Å². The first kappa shape index (κ1) is 13.6. The minimum absolute atomic E-state index is 0.135. The van der Waals surface area contributed by atoms with Gasteiger partial charge in [0.1, 0.15) is 12.4 Å². The van der Waals surface area contributed by atoms with Crippen LogP contribution in [0.5, 0.6) is 5.75 Å². The summed E-state index contributed by atoms with van der Waals surface area (Å²) in [6.45, 7) is 1.52. The van der Waals surface area contributed by atoms with E-state index in [1.165, 1.54) is 0 Å². The molecule has 4 heteroatoms. The number of amides is 1. The number of carbonyl (C=O) groups is 1. The second-order valence-electron chi connectivity index (χ2n) is 5.05. The summed E-state index contributed by atoms with van der Waals surface area (Å²) in [5, 5.41) is 0. The first-order valence-electron chi connectivity index (χ1n) is 7.08. The van der Waals surface area contributed by atoms with Gasteiger partial charge in [-0.3, -0.25) is 4.79 Å². The van der Waals surface area contributed by atoms with E-state index in [4.69, 9.17) is 10.5 Å². The van der Waals surface area contributed by atoms with E-state index in [1.807, 2.05) is 48.5 Å². The molecule has 0 bridgehead atoms. The number of fused-ring (bicyclic) bond motifs is 1. The van der Waals surface area contributed by atoms with E-state index in [-0.39, 0.29) is 5.91 Å². The van der Waals surface area contributed by atoms with Crippen molar-refractivity contribution in [3.8, 4) is 5.75 Å². The summed E-state index contributed by atoms with van der Waals surface area (Å²) in [5.74, 6) is 0.924. The molecule has 3 rings (SSSR count). The van der Waals surface area contributed by atoms with E-state index >= 15 is 0 Å². The van der Waals surface area contributed by atoms with Crippen LogP contribution >= 0.6 is 0 Å². The predicted molar refractivity (Wildman–Crippen MR) is 82.3 cm³/mol. The quantitative estimate of drug-likeness (QED) is 0.914. The predicted octanol–water partition coefficient (Wildman–Crippen LogP) is 2.11. The van der Waals surface area contributed by atoms with Crippen molar-refractivity contribution in [2.75, 3.05) is 18.1 Å². The van der Waals surface area contributed by atoms with Gasteiger partial charge in [0, 0.05) is 12.2 Å². The summed E-state index contributed by atoms with van der Waals surface area (Å²) in [6.07, 6.45) is 0.485. The highest BCUT2D eigenvalue weighted by atomic mass is 16.5. The zero-order chi connectivity index (χ0) is 14.7. The van der Waals surface area contributed by atoms with Crippen molar-refractivity contribution in [2.24, 2.45) is 5.73 Å². The zero-order valence-electron chi connectivity index (χ0n) is 11.8. The molecule has 0 saturated heterocycles. The Hall–Kier alpha value is -2.33. The minimum Gasteiger partial charge on any atom is -0.492 e. The summed E-state index contributed by atoms with van der Waals surface area (Å²) < 4.78 is 5.72. The average Bonchev–Trinajstić information content (AvgIpc) is 2.83. The van der Waals surface area contributed by atoms with Crippen LogP contribution in [0.1, 0.15) is 11.1 Å². The van der Waals surface area contributed by atoms with Gasteiger partial charge in [-0.1, -0.05) is 30.3 Å². The number of hydrogen-bond acceptors (Lipinski definition) is 3. The normalized spacial score (nSPS) is 13.4. The summed E-state index contributed by atoms with van der Waals surface area (Å²) in [6, 6.07) is 15.6. The molecule has 108 valence electrons. The first-order chi connectivity index (χ1) is 10.3. The molecule has 0 aliphatic carbocycles. The number of benzene rings is 2. The number of anilines is 1. The van der Waals surface area contributed by atoms with Crippen molar-refractivity contribution in [2.45, 2.75) is 13.0 Å². The molecule has 1 amide bonds. The van der Waals surface area contributed by atoms with Crippen LogP contribution in [-0.2, 0) is 17.8 Å². The van der Waals surface area contributed by atoms with Crippen molar-refractivity contribution in [1.29, 1.82) is 0 Å². The Balaban J connectivity index is 1.62. The van der Waals surface area contributed by atoms with Crippen LogP contribution in [0.25, 0.3) is 0 Å². The molecule has 1 heterocycles. The number of para-hydroxylation sites is 1. The average molecular weight is 282 g/mol. The molecular formula is C17H18N2O2. The Morgan fingerprint density at radius 3 is 2.86 bits per heavy atom. The lowest BCUT2D eigenvalue weighted by Gasteiger charge is -2.17. The molecule has 1 aliphatic rings. The van der Waals surface area contributed by atoms with Crippen LogP contribution in [-0.4, -0.2) is 19.1 Å². The van der Waals surface area contributed by atoms with Crippen LogP contribution in [0, 0.1) is 0 Å². The third-order valence-electron chi connectivity index (χ3n) is 3.64. The van der Waals surface area contributed by atoms with E-state index in [2.05, 4.69) is 0 Å². The Morgan fingerprint density at radius 1 is 1.14 bits per heavy atom. The van der Waals surface area contributed by atoms with Crippen LogP contribution in [0.15, 0.2) is 48.5 Å². The van der Waals surface area contributed by atoms with Crippen molar-refractivity contribution >= 4 is 11.6 Å². The van der Waals surface area contributed by atoms with Gasteiger partial charge < -0.3 is 15.4 Å². The standard InChI is InChI=1S/C17H18N2O2/c18-12-13-4-3-6-15(10-13)21-9-8-19-16-7-2-1-5-14(16)11-17(19)20/h1-7,10H,8-9,11-12,18H2. The van der Waals surface area contributed by atoms with Gasteiger partial charge >= 0.3 is 0 Å². The van der Waals surface area contributed by atoms with Crippen molar-refractivity contribution in [1.82, 2.24) is 0 Å². The molecule has 2 N–H and O–H groups in total. The molecule has 2 aromatic rings. The maximum atomic E-state index is 12.0. The van der Waals surface area contributed by atoms with E-state index in [1.54, 1.807) is 4.90 Å². The van der Waals surface area contributed by atoms with Crippen molar-refractivity contribution in [3.63, 3.8) is 0 Å². The monoisotopic (exact) mass is 282 g/mol. The zero-order valence-corrected chi connectivity index (χ0v) is 11.8. The maximum Gasteiger partial charge on any atom is 0.231 e. The van der Waals surface area contributed by atoms with Gasteiger partial charge in [0.15, 0.2) is 0 Å². The second-order valence-corrected chi connectivity index (χ2v) is 5.05. The molecule has 0 radical (unpaired) electrons. The van der Waals surface area contributed by atoms with Gasteiger partial charge in [-0.15, -0.1) is 0 Å². The summed E-state index contributed by atoms with van der Waals surface area (Å²) in [5.41, 5.74) is 8.74. The lowest BCUT2D eigenvalue weighted by molar-refractivity contribution is -0.117. The Morgan fingerprint density at radius 2 is 2.00 bits per heavy atom. The molecule has 0 saturated carbocycles. The van der Waals surface area contributed by atoms with E-state index in [0.717, 1.165) is 22.6 Å². The summed E-state index contributed by atoms with van der Waals surface area (Å²) in [4.78, 5) is 13.8. The van der Waals surface area contributed by atoms with Crippen molar-refractivity contribution < 1.29 is 9.53 Å². The molecule has 4 nitrogen and oxygen atoms in total. The molecule has 1 aliphatic heterocycles. The SMILES string of the molecule is NCc1cccc(OCCN2C(=O)Cc3ccccc32)c1. The highest BCUT2D eigenvalue weighted by molar-refractivity contribution is 6.01. The largest absolute Gasteiger partial charge is 0.492 e. The van der Waals surface area contributed by atoms with E-state index in [0.29, 0.717) is 26.1 Å². The molecule has 0 spiro atoms. The van der Waals surface area contributed by atoms with Crippen LogP contribution in [0.3, 0.4) is 0 Å². The fourth-order valence-corrected chi connectivity index (χ4v) is 2.58. The van der Waals surface area contributed by atoms with Gasteiger partial charge in [-0.25, -0.2) is 0 Å². The Kier molecular flexibility index (Phi) is 3.88. The molecular weight excluding hydrogens is 264 g/mol. The van der Waals surface area contributed by atoms with E-state index in [9.17, 15) is 4.79 Å². The smallest absolute Gasteiger partial charge is 0.231 e. The molecule has 2 aromatic carbocycles. The summed E-state index contributed by atoms with van der Waals surface area (Å²) in [7, 11) is 0. The van der Waals surface area contributed by atoms with Gasteiger partial charge in [-0.2, -0.15) is 0 Å². The number of nitrogens with zero attached hydrogens (tertiary/aromatic N) is 1. The maximum absolute atomic E-state index is 12.0. The van der Waals surface area contributed by atoms with Crippen molar-refractivity contribution in [3.05, 3.63) is 59.7 Å². The molecule has 0 aromatic heterocycles. The lowest BCUT2D eigenvalue weighted by atomic mass is 10.2. The van der Waals surface area contributed by atoms with Crippen LogP contribution in [0.4, 0.5) is 5.69 Å². The number of carbonyl (C=O) groups excluding carboxylic acids is 1. The highest BCUT2D eigenvalue weighted by Crippen LogP contribution is 2.28. The number of rotatable bonds is 5. The van der Waals surface area contributed by atoms with Crippen LogP contribution < -0.4 is 15.4 Å². The Bertz CT molecular complexity index is 655.